The van der Waals surface area contributed by atoms with Gasteiger partial charge < -0.3 is 5.32 Å². The molecule has 1 N–H and O–H groups in total. The Morgan fingerprint density at radius 1 is 1.21 bits per heavy atom. The molecular formula is C16H17N7O. The number of aromatic nitrogens is 6. The average molecular weight is 323 g/mol. The van der Waals surface area contributed by atoms with Crippen molar-refractivity contribution < 1.29 is 4.79 Å². The summed E-state index contributed by atoms with van der Waals surface area (Å²) in [4.78, 5) is 20.7. The normalized spacial score (nSPS) is 10.8. The maximum absolute atomic E-state index is 12.3. The summed E-state index contributed by atoms with van der Waals surface area (Å²) in [6.45, 7) is 4.15. The topological polar surface area (TPSA) is 98.5 Å². The van der Waals surface area contributed by atoms with Gasteiger partial charge in [0.25, 0.3) is 5.91 Å². The van der Waals surface area contributed by atoms with Crippen molar-refractivity contribution in [3.63, 3.8) is 0 Å². The summed E-state index contributed by atoms with van der Waals surface area (Å²) >= 11 is 0. The van der Waals surface area contributed by atoms with E-state index >= 15 is 0 Å². The minimum Gasteiger partial charge on any atom is -0.343 e. The molecule has 1 amide bonds. The van der Waals surface area contributed by atoms with Crippen LogP contribution in [0, 0.1) is 0 Å². The van der Waals surface area contributed by atoms with Crippen molar-refractivity contribution in [2.45, 2.75) is 26.3 Å². The van der Waals surface area contributed by atoms with Crippen LogP contribution in [0.15, 0.2) is 42.6 Å². The Bertz CT molecular complexity index is 829. The van der Waals surface area contributed by atoms with Crippen LogP contribution in [-0.4, -0.2) is 36.1 Å². The zero-order chi connectivity index (χ0) is 16.9. The molecule has 0 aliphatic rings. The van der Waals surface area contributed by atoms with Crippen LogP contribution in [0.25, 0.3) is 5.69 Å². The lowest BCUT2D eigenvalue weighted by atomic mass is 10.2. The Kier molecular flexibility index (Phi) is 4.55. The van der Waals surface area contributed by atoms with Gasteiger partial charge in [-0.1, -0.05) is 32.0 Å². The number of carbonyl (C=O) groups is 1. The molecule has 0 atom stereocenters. The van der Waals surface area contributed by atoms with Gasteiger partial charge in [-0.25, -0.2) is 9.97 Å². The molecule has 0 aliphatic carbocycles. The van der Waals surface area contributed by atoms with Gasteiger partial charge in [-0.05, 0) is 28.6 Å². The third kappa shape index (κ3) is 3.43. The maximum atomic E-state index is 12.3. The van der Waals surface area contributed by atoms with Crippen LogP contribution in [0.5, 0.6) is 0 Å². The van der Waals surface area contributed by atoms with E-state index in [4.69, 9.17) is 0 Å². The second-order valence-electron chi connectivity index (χ2n) is 5.48. The SMILES string of the molecule is CC(C)c1nccc(C(=O)NCc2nnnn2-c2ccccc2)n1. The highest BCUT2D eigenvalue weighted by Gasteiger charge is 2.13. The number of carbonyl (C=O) groups excluding carboxylic acids is 1. The summed E-state index contributed by atoms with van der Waals surface area (Å²) in [6.07, 6.45) is 1.59. The number of amides is 1. The van der Waals surface area contributed by atoms with Gasteiger partial charge in [0, 0.05) is 12.1 Å². The highest BCUT2D eigenvalue weighted by Crippen LogP contribution is 2.09. The average Bonchev–Trinajstić information content (AvgIpc) is 3.09. The van der Waals surface area contributed by atoms with E-state index in [1.54, 1.807) is 16.9 Å². The molecule has 0 saturated carbocycles. The van der Waals surface area contributed by atoms with Gasteiger partial charge in [-0.3, -0.25) is 4.79 Å². The van der Waals surface area contributed by atoms with Gasteiger partial charge in [0.2, 0.25) is 0 Å². The number of hydrogen-bond donors (Lipinski definition) is 1. The largest absolute Gasteiger partial charge is 0.343 e. The van der Waals surface area contributed by atoms with Crippen LogP contribution in [0.3, 0.4) is 0 Å². The molecule has 122 valence electrons. The molecule has 8 nitrogen and oxygen atoms in total. The lowest BCUT2D eigenvalue weighted by molar-refractivity contribution is 0.0944. The number of benzene rings is 1. The monoisotopic (exact) mass is 323 g/mol. The molecule has 2 aromatic heterocycles. The fraction of sp³-hybridized carbons (Fsp3) is 0.250. The first-order chi connectivity index (χ1) is 11.6. The van der Waals surface area contributed by atoms with Crippen molar-refractivity contribution in [2.75, 3.05) is 0 Å². The van der Waals surface area contributed by atoms with Crippen LogP contribution in [-0.2, 0) is 6.54 Å². The van der Waals surface area contributed by atoms with E-state index in [2.05, 4.69) is 30.8 Å². The fourth-order valence-corrected chi connectivity index (χ4v) is 2.11. The Hall–Kier alpha value is -3.16. The maximum Gasteiger partial charge on any atom is 0.270 e. The standard InChI is InChI=1S/C16H17N7O/c1-11(2)15-17-9-8-13(19-15)16(24)18-10-14-20-21-22-23(14)12-6-4-3-5-7-12/h3-9,11H,10H2,1-2H3,(H,18,24). The zero-order valence-electron chi connectivity index (χ0n) is 13.4. The van der Waals surface area contributed by atoms with E-state index in [0.29, 0.717) is 17.3 Å². The van der Waals surface area contributed by atoms with Crippen LogP contribution in [0.1, 0.15) is 41.9 Å². The van der Waals surface area contributed by atoms with Gasteiger partial charge in [0.15, 0.2) is 5.82 Å². The van der Waals surface area contributed by atoms with Crippen molar-refractivity contribution >= 4 is 5.91 Å². The second-order valence-corrected chi connectivity index (χ2v) is 5.48. The molecule has 3 aromatic rings. The summed E-state index contributed by atoms with van der Waals surface area (Å²) in [5.74, 6) is 1.04. The van der Waals surface area contributed by atoms with Crippen molar-refractivity contribution in [2.24, 2.45) is 0 Å². The van der Waals surface area contributed by atoms with E-state index in [-0.39, 0.29) is 18.4 Å². The van der Waals surface area contributed by atoms with Gasteiger partial charge in [-0.15, -0.1) is 5.10 Å². The Balaban J connectivity index is 1.72. The van der Waals surface area contributed by atoms with Crippen LogP contribution >= 0.6 is 0 Å². The van der Waals surface area contributed by atoms with E-state index in [9.17, 15) is 4.79 Å². The highest BCUT2D eigenvalue weighted by molar-refractivity contribution is 5.92. The molecule has 0 unspecified atom stereocenters. The molecular weight excluding hydrogens is 306 g/mol. The van der Waals surface area contributed by atoms with Crippen molar-refractivity contribution in [3.05, 3.63) is 59.9 Å². The van der Waals surface area contributed by atoms with Gasteiger partial charge in [-0.2, -0.15) is 4.68 Å². The summed E-state index contributed by atoms with van der Waals surface area (Å²) < 4.78 is 1.58. The van der Waals surface area contributed by atoms with Crippen LogP contribution in [0.2, 0.25) is 0 Å². The van der Waals surface area contributed by atoms with Crippen LogP contribution in [0.4, 0.5) is 0 Å². The molecule has 0 saturated heterocycles. The van der Waals surface area contributed by atoms with Crippen LogP contribution < -0.4 is 5.32 Å². The van der Waals surface area contributed by atoms with Crippen molar-refractivity contribution in [1.82, 2.24) is 35.5 Å². The number of tetrazole rings is 1. The summed E-state index contributed by atoms with van der Waals surface area (Å²) in [6, 6.07) is 11.1. The molecule has 0 fully saturated rings. The summed E-state index contributed by atoms with van der Waals surface area (Å²) in [5.41, 5.74) is 1.16. The number of para-hydroxylation sites is 1. The summed E-state index contributed by atoms with van der Waals surface area (Å²) in [5, 5.41) is 14.4. The van der Waals surface area contributed by atoms with Gasteiger partial charge >= 0.3 is 0 Å². The number of rotatable bonds is 5. The second kappa shape index (κ2) is 6.95. The number of nitrogens with one attached hydrogen (secondary N) is 1. The Morgan fingerprint density at radius 3 is 2.75 bits per heavy atom. The predicted molar refractivity (Wildman–Crippen MR) is 86.4 cm³/mol. The molecule has 0 bridgehead atoms. The summed E-state index contributed by atoms with van der Waals surface area (Å²) in [7, 11) is 0. The highest BCUT2D eigenvalue weighted by atomic mass is 16.1. The smallest absolute Gasteiger partial charge is 0.270 e. The number of nitrogens with zero attached hydrogens (tertiary/aromatic N) is 6. The third-order valence-corrected chi connectivity index (χ3v) is 3.37. The zero-order valence-corrected chi connectivity index (χ0v) is 13.4. The van der Waals surface area contributed by atoms with Gasteiger partial charge in [0.05, 0.1) is 12.2 Å². The predicted octanol–water partition coefficient (Wildman–Crippen LogP) is 1.51. The minimum atomic E-state index is -0.290. The minimum absolute atomic E-state index is 0.156. The molecule has 2 heterocycles. The molecule has 0 radical (unpaired) electrons. The number of hydrogen-bond acceptors (Lipinski definition) is 6. The quantitative estimate of drug-likeness (QED) is 0.764. The molecule has 0 aliphatic heterocycles. The third-order valence-electron chi connectivity index (χ3n) is 3.37. The van der Waals surface area contributed by atoms with Gasteiger partial charge in [0.1, 0.15) is 11.5 Å². The molecule has 1 aromatic carbocycles. The van der Waals surface area contributed by atoms with Crippen molar-refractivity contribution in [1.29, 1.82) is 0 Å². The molecule has 8 heteroatoms. The first kappa shape index (κ1) is 15.7. The first-order valence-electron chi connectivity index (χ1n) is 7.59. The lowest BCUT2D eigenvalue weighted by Gasteiger charge is -2.07. The van der Waals surface area contributed by atoms with Crippen molar-refractivity contribution in [3.8, 4) is 5.69 Å². The molecule has 0 spiro atoms. The van der Waals surface area contributed by atoms with E-state index in [1.165, 1.54) is 0 Å². The lowest BCUT2D eigenvalue weighted by Crippen LogP contribution is -2.26. The van der Waals surface area contributed by atoms with E-state index in [1.807, 2.05) is 44.2 Å². The fourth-order valence-electron chi connectivity index (χ4n) is 2.11. The van der Waals surface area contributed by atoms with E-state index < -0.39 is 0 Å². The Morgan fingerprint density at radius 2 is 2.00 bits per heavy atom. The van der Waals surface area contributed by atoms with E-state index in [0.717, 1.165) is 5.69 Å². The first-order valence-corrected chi connectivity index (χ1v) is 7.59. The Labute approximate surface area is 139 Å². The molecule has 3 rings (SSSR count). The molecule has 24 heavy (non-hydrogen) atoms.